The van der Waals surface area contributed by atoms with Crippen molar-refractivity contribution in [2.75, 3.05) is 26.2 Å². The van der Waals surface area contributed by atoms with Crippen molar-refractivity contribution in [2.45, 2.75) is 31.8 Å². The molecule has 0 unspecified atom stereocenters. The molecule has 0 amide bonds. The van der Waals surface area contributed by atoms with Crippen molar-refractivity contribution in [3.63, 3.8) is 0 Å². The van der Waals surface area contributed by atoms with E-state index in [1.54, 1.807) is 0 Å². The molecule has 1 aromatic rings. The highest BCUT2D eigenvalue weighted by molar-refractivity contribution is 5.39. The molecule has 0 spiro atoms. The van der Waals surface area contributed by atoms with Crippen molar-refractivity contribution in [1.29, 1.82) is 0 Å². The molecule has 0 aromatic heterocycles. The van der Waals surface area contributed by atoms with Gasteiger partial charge in [-0.25, -0.2) is 0 Å². The predicted octanol–water partition coefficient (Wildman–Crippen LogP) is 2.14. The SMILES string of the molecule is O[C@@H]1CCc2cc(OCCN3CCCC3)ccc21. The zero-order valence-electron chi connectivity index (χ0n) is 10.8. The van der Waals surface area contributed by atoms with Gasteiger partial charge in [0, 0.05) is 6.54 Å². The van der Waals surface area contributed by atoms with E-state index in [9.17, 15) is 5.11 Å². The summed E-state index contributed by atoms with van der Waals surface area (Å²) in [6.07, 6.45) is 4.22. The van der Waals surface area contributed by atoms with Crippen LogP contribution >= 0.6 is 0 Å². The molecule has 0 radical (unpaired) electrons. The van der Waals surface area contributed by atoms with Gasteiger partial charge in [-0.15, -0.1) is 0 Å². The number of rotatable bonds is 4. The van der Waals surface area contributed by atoms with Crippen molar-refractivity contribution in [3.05, 3.63) is 29.3 Å². The highest BCUT2D eigenvalue weighted by Gasteiger charge is 2.20. The standard InChI is InChI=1S/C15H21NO2/c17-15-6-3-12-11-13(4-5-14(12)15)18-10-9-16-7-1-2-8-16/h4-5,11,15,17H,1-3,6-10H2/t15-/m1/s1. The number of nitrogens with zero attached hydrogens (tertiary/aromatic N) is 1. The fourth-order valence-electron chi connectivity index (χ4n) is 2.96. The molecule has 1 atom stereocenters. The van der Waals surface area contributed by atoms with Crippen LogP contribution in [0.25, 0.3) is 0 Å². The summed E-state index contributed by atoms with van der Waals surface area (Å²) >= 11 is 0. The Labute approximate surface area is 108 Å². The molecule has 1 aliphatic heterocycles. The number of fused-ring (bicyclic) bond motifs is 1. The molecule has 3 nitrogen and oxygen atoms in total. The average molecular weight is 247 g/mol. The van der Waals surface area contributed by atoms with E-state index in [0.29, 0.717) is 0 Å². The van der Waals surface area contributed by atoms with Crippen molar-refractivity contribution >= 4 is 0 Å². The minimum absolute atomic E-state index is 0.265. The maximum Gasteiger partial charge on any atom is 0.119 e. The van der Waals surface area contributed by atoms with Gasteiger partial charge < -0.3 is 9.84 Å². The summed E-state index contributed by atoms with van der Waals surface area (Å²) in [5.41, 5.74) is 2.34. The zero-order chi connectivity index (χ0) is 12.4. The van der Waals surface area contributed by atoms with Crippen molar-refractivity contribution < 1.29 is 9.84 Å². The summed E-state index contributed by atoms with van der Waals surface area (Å²) < 4.78 is 5.81. The molecule has 2 aliphatic rings. The summed E-state index contributed by atoms with van der Waals surface area (Å²) in [6, 6.07) is 6.09. The summed E-state index contributed by atoms with van der Waals surface area (Å²) in [4.78, 5) is 2.46. The Balaban J connectivity index is 1.53. The van der Waals surface area contributed by atoms with Crippen molar-refractivity contribution in [2.24, 2.45) is 0 Å². The Morgan fingerprint density at radius 3 is 2.94 bits per heavy atom. The van der Waals surface area contributed by atoms with Crippen LogP contribution in [0.4, 0.5) is 0 Å². The van der Waals surface area contributed by atoms with E-state index in [-0.39, 0.29) is 6.10 Å². The molecule has 1 aromatic carbocycles. The molecule has 3 rings (SSSR count). The lowest BCUT2D eigenvalue weighted by Crippen LogP contribution is -2.25. The minimum atomic E-state index is -0.265. The van der Waals surface area contributed by atoms with E-state index in [2.05, 4.69) is 11.0 Å². The van der Waals surface area contributed by atoms with Crippen LogP contribution in [0.3, 0.4) is 0 Å². The molecule has 98 valence electrons. The van der Waals surface area contributed by atoms with Gasteiger partial charge in [-0.05, 0) is 62.0 Å². The van der Waals surface area contributed by atoms with Crippen LogP contribution in [0.15, 0.2) is 18.2 Å². The third kappa shape index (κ3) is 2.52. The number of likely N-dealkylation sites (tertiary alicyclic amines) is 1. The van der Waals surface area contributed by atoms with Gasteiger partial charge in [0.15, 0.2) is 0 Å². The first-order valence-electron chi connectivity index (χ1n) is 6.99. The smallest absolute Gasteiger partial charge is 0.119 e. The van der Waals surface area contributed by atoms with Gasteiger partial charge in [-0.3, -0.25) is 4.90 Å². The Bertz CT molecular complexity index is 413. The zero-order valence-corrected chi connectivity index (χ0v) is 10.8. The predicted molar refractivity (Wildman–Crippen MR) is 70.9 cm³/mol. The normalized spacial score (nSPS) is 23.3. The van der Waals surface area contributed by atoms with Crippen LogP contribution in [0.5, 0.6) is 5.75 Å². The van der Waals surface area contributed by atoms with Crippen LogP contribution in [0, 0.1) is 0 Å². The Hall–Kier alpha value is -1.06. The van der Waals surface area contributed by atoms with Gasteiger partial charge in [-0.2, -0.15) is 0 Å². The third-order valence-corrected chi connectivity index (χ3v) is 4.04. The van der Waals surface area contributed by atoms with Crippen LogP contribution in [0.2, 0.25) is 0 Å². The quantitative estimate of drug-likeness (QED) is 0.885. The fraction of sp³-hybridized carbons (Fsp3) is 0.600. The Morgan fingerprint density at radius 1 is 1.28 bits per heavy atom. The van der Waals surface area contributed by atoms with Crippen LogP contribution in [-0.4, -0.2) is 36.2 Å². The van der Waals surface area contributed by atoms with E-state index < -0.39 is 0 Å². The monoisotopic (exact) mass is 247 g/mol. The molecule has 3 heteroatoms. The summed E-state index contributed by atoms with van der Waals surface area (Å²) in [6.45, 7) is 4.24. The van der Waals surface area contributed by atoms with Gasteiger partial charge in [0.2, 0.25) is 0 Å². The highest BCUT2D eigenvalue weighted by Crippen LogP contribution is 2.33. The number of benzene rings is 1. The molecule has 1 saturated heterocycles. The Kier molecular flexibility index (Phi) is 3.52. The lowest BCUT2D eigenvalue weighted by Gasteiger charge is -2.15. The first-order chi connectivity index (χ1) is 8.83. The number of aliphatic hydroxyl groups is 1. The maximum atomic E-state index is 9.74. The van der Waals surface area contributed by atoms with Crippen LogP contribution in [-0.2, 0) is 6.42 Å². The topological polar surface area (TPSA) is 32.7 Å². The molecule has 18 heavy (non-hydrogen) atoms. The van der Waals surface area contributed by atoms with Crippen LogP contribution < -0.4 is 4.74 Å². The Morgan fingerprint density at radius 2 is 2.11 bits per heavy atom. The number of aryl methyl sites for hydroxylation is 1. The second-order valence-electron chi connectivity index (χ2n) is 5.31. The van der Waals surface area contributed by atoms with Crippen LogP contribution in [0.1, 0.15) is 36.5 Å². The molecule has 0 bridgehead atoms. The highest BCUT2D eigenvalue weighted by atomic mass is 16.5. The molecule has 1 fully saturated rings. The second kappa shape index (κ2) is 5.29. The van der Waals surface area contributed by atoms with Gasteiger partial charge >= 0.3 is 0 Å². The van der Waals surface area contributed by atoms with Gasteiger partial charge in [0.05, 0.1) is 6.10 Å². The number of hydrogen-bond donors (Lipinski definition) is 1. The number of hydrogen-bond acceptors (Lipinski definition) is 3. The van der Waals surface area contributed by atoms with Crippen molar-refractivity contribution in [1.82, 2.24) is 4.90 Å². The fourth-order valence-corrected chi connectivity index (χ4v) is 2.96. The first-order valence-corrected chi connectivity index (χ1v) is 6.99. The van der Waals surface area contributed by atoms with Crippen molar-refractivity contribution in [3.8, 4) is 5.75 Å². The van der Waals surface area contributed by atoms with E-state index >= 15 is 0 Å². The first kappa shape index (κ1) is 12.0. The maximum absolute atomic E-state index is 9.74. The lowest BCUT2D eigenvalue weighted by molar-refractivity contribution is 0.180. The average Bonchev–Trinajstić information content (AvgIpc) is 3.00. The molecule has 1 aliphatic carbocycles. The number of aliphatic hydroxyl groups excluding tert-OH is 1. The summed E-state index contributed by atoms with van der Waals surface area (Å²) in [5.74, 6) is 0.946. The van der Waals surface area contributed by atoms with Gasteiger partial charge in [0.25, 0.3) is 0 Å². The molecular weight excluding hydrogens is 226 g/mol. The van der Waals surface area contributed by atoms with Gasteiger partial charge in [0.1, 0.15) is 12.4 Å². The lowest BCUT2D eigenvalue weighted by atomic mass is 10.1. The number of ether oxygens (including phenoxy) is 1. The summed E-state index contributed by atoms with van der Waals surface area (Å²) in [7, 11) is 0. The van der Waals surface area contributed by atoms with Gasteiger partial charge in [-0.1, -0.05) is 6.07 Å². The minimum Gasteiger partial charge on any atom is -0.492 e. The summed E-state index contributed by atoms with van der Waals surface area (Å²) in [5, 5.41) is 9.74. The second-order valence-corrected chi connectivity index (χ2v) is 5.31. The largest absolute Gasteiger partial charge is 0.492 e. The van der Waals surface area contributed by atoms with E-state index in [0.717, 1.165) is 37.3 Å². The molecule has 1 heterocycles. The van der Waals surface area contributed by atoms with E-state index in [4.69, 9.17) is 4.74 Å². The van der Waals surface area contributed by atoms with E-state index in [1.165, 1.54) is 31.5 Å². The molecule has 1 N–H and O–H groups in total. The third-order valence-electron chi connectivity index (χ3n) is 4.04. The van der Waals surface area contributed by atoms with E-state index in [1.807, 2.05) is 12.1 Å². The molecular formula is C15H21NO2. The molecule has 0 saturated carbocycles.